The lowest BCUT2D eigenvalue weighted by molar-refractivity contribution is -0.113. The molecule has 144 valence electrons. The lowest BCUT2D eigenvalue weighted by Crippen LogP contribution is -2.13. The largest absolute Gasteiger partial charge is 0.325 e. The van der Waals surface area contributed by atoms with E-state index in [9.17, 15) is 4.79 Å². The van der Waals surface area contributed by atoms with Crippen LogP contribution in [0, 0.1) is 0 Å². The quantitative estimate of drug-likeness (QED) is 0.265. The highest BCUT2D eigenvalue weighted by Crippen LogP contribution is 2.31. The zero-order valence-corrected chi connectivity index (χ0v) is 17.7. The molecule has 1 N–H and O–H groups in total. The van der Waals surface area contributed by atoms with Crippen LogP contribution in [-0.4, -0.2) is 16.6 Å². The van der Waals surface area contributed by atoms with Gasteiger partial charge in [0.05, 0.1) is 16.0 Å². The predicted octanol–water partition coefficient (Wildman–Crippen LogP) is 6.85. The summed E-state index contributed by atoms with van der Waals surface area (Å²) in [5.74, 6) is 0.253. The van der Waals surface area contributed by atoms with Gasteiger partial charge in [0.15, 0.2) is 4.34 Å². The number of amides is 1. The number of nitrogens with one attached hydrogen (secondary N) is 1. The second kappa shape index (κ2) is 9.27. The first kappa shape index (κ1) is 19.7. The van der Waals surface area contributed by atoms with Gasteiger partial charge in [0.1, 0.15) is 0 Å². The van der Waals surface area contributed by atoms with Crippen molar-refractivity contribution in [3.05, 3.63) is 88.9 Å². The molecular weight excluding hydrogens is 420 g/mol. The van der Waals surface area contributed by atoms with Crippen LogP contribution in [-0.2, 0) is 4.79 Å². The van der Waals surface area contributed by atoms with Gasteiger partial charge in [0, 0.05) is 10.7 Å². The number of nitrogens with zero attached hydrogens (tertiary/aromatic N) is 1. The van der Waals surface area contributed by atoms with Crippen molar-refractivity contribution in [1.82, 2.24) is 4.98 Å². The normalized spacial score (nSPS) is 11.2. The van der Waals surface area contributed by atoms with Crippen molar-refractivity contribution in [2.45, 2.75) is 4.34 Å². The number of aromatic nitrogens is 1. The first-order chi connectivity index (χ1) is 14.2. The van der Waals surface area contributed by atoms with E-state index in [1.807, 2.05) is 60.7 Å². The fourth-order valence-corrected chi connectivity index (χ4v) is 4.71. The predicted molar refractivity (Wildman–Crippen MR) is 126 cm³/mol. The second-order valence-corrected chi connectivity index (χ2v) is 8.98. The average molecular weight is 437 g/mol. The first-order valence-electron chi connectivity index (χ1n) is 8.98. The number of thiazole rings is 1. The van der Waals surface area contributed by atoms with Crippen molar-refractivity contribution >= 4 is 68.7 Å². The van der Waals surface area contributed by atoms with Gasteiger partial charge in [-0.3, -0.25) is 4.79 Å². The number of hydrogen-bond donors (Lipinski definition) is 1. The third-order valence-electron chi connectivity index (χ3n) is 4.12. The van der Waals surface area contributed by atoms with Gasteiger partial charge >= 0.3 is 0 Å². The third kappa shape index (κ3) is 5.48. The molecule has 0 aliphatic heterocycles. The van der Waals surface area contributed by atoms with Crippen molar-refractivity contribution in [2.24, 2.45) is 0 Å². The monoisotopic (exact) mass is 436 g/mol. The van der Waals surface area contributed by atoms with Gasteiger partial charge < -0.3 is 5.32 Å². The van der Waals surface area contributed by atoms with E-state index in [0.717, 1.165) is 31.4 Å². The fraction of sp³-hybridized carbons (Fsp3) is 0.0435. The van der Waals surface area contributed by atoms with E-state index in [-0.39, 0.29) is 5.91 Å². The maximum absolute atomic E-state index is 12.3. The summed E-state index contributed by atoms with van der Waals surface area (Å²) in [6, 6.07) is 23.6. The van der Waals surface area contributed by atoms with E-state index in [1.54, 1.807) is 11.3 Å². The van der Waals surface area contributed by atoms with Gasteiger partial charge in [0.25, 0.3) is 0 Å². The van der Waals surface area contributed by atoms with Gasteiger partial charge in [-0.15, -0.1) is 11.3 Å². The molecule has 0 saturated heterocycles. The van der Waals surface area contributed by atoms with Crippen molar-refractivity contribution in [3.63, 3.8) is 0 Å². The molecule has 0 atom stereocenters. The Hall–Kier alpha value is -2.60. The SMILES string of the molecule is O=C(CSc1nc2cc(Cl)ccc2s1)Nc1ccc(/C=C/c2ccccc2)cc1. The molecule has 3 aromatic carbocycles. The Bertz CT molecular complexity index is 1150. The molecule has 0 radical (unpaired) electrons. The van der Waals surface area contributed by atoms with Crippen LogP contribution in [0.15, 0.2) is 77.1 Å². The zero-order chi connectivity index (χ0) is 20.1. The number of carbonyl (C=O) groups is 1. The molecule has 4 rings (SSSR count). The maximum Gasteiger partial charge on any atom is 0.234 e. The van der Waals surface area contributed by atoms with E-state index in [4.69, 9.17) is 11.6 Å². The molecule has 1 heterocycles. The number of hydrogen-bond acceptors (Lipinski definition) is 4. The number of anilines is 1. The molecule has 0 bridgehead atoms. The molecule has 0 aliphatic rings. The van der Waals surface area contributed by atoms with Gasteiger partial charge in [-0.05, 0) is 41.5 Å². The van der Waals surface area contributed by atoms with Crippen molar-refractivity contribution in [1.29, 1.82) is 0 Å². The van der Waals surface area contributed by atoms with E-state index in [0.29, 0.717) is 10.8 Å². The molecular formula is C23H17ClN2OS2. The lowest BCUT2D eigenvalue weighted by Gasteiger charge is -2.04. The van der Waals surface area contributed by atoms with E-state index in [1.165, 1.54) is 11.8 Å². The van der Waals surface area contributed by atoms with Crippen LogP contribution < -0.4 is 5.32 Å². The minimum atomic E-state index is -0.0557. The van der Waals surface area contributed by atoms with Crippen LogP contribution in [0.2, 0.25) is 5.02 Å². The highest BCUT2D eigenvalue weighted by molar-refractivity contribution is 8.01. The Morgan fingerprint density at radius 1 is 1.00 bits per heavy atom. The minimum Gasteiger partial charge on any atom is -0.325 e. The summed E-state index contributed by atoms with van der Waals surface area (Å²) in [5.41, 5.74) is 3.88. The van der Waals surface area contributed by atoms with Gasteiger partial charge in [0.2, 0.25) is 5.91 Å². The topological polar surface area (TPSA) is 42.0 Å². The van der Waals surface area contributed by atoms with E-state index in [2.05, 4.69) is 34.6 Å². The highest BCUT2D eigenvalue weighted by Gasteiger charge is 2.08. The van der Waals surface area contributed by atoms with Gasteiger partial charge in [-0.2, -0.15) is 0 Å². The van der Waals surface area contributed by atoms with Crippen LogP contribution in [0.25, 0.3) is 22.4 Å². The van der Waals surface area contributed by atoms with Crippen molar-refractivity contribution < 1.29 is 4.79 Å². The molecule has 4 aromatic rings. The third-order valence-corrected chi connectivity index (χ3v) is 6.53. The fourth-order valence-electron chi connectivity index (χ4n) is 2.70. The molecule has 0 fully saturated rings. The Balaban J connectivity index is 1.31. The minimum absolute atomic E-state index is 0.0557. The summed E-state index contributed by atoms with van der Waals surface area (Å²) in [5, 5.41) is 3.59. The summed E-state index contributed by atoms with van der Waals surface area (Å²) >= 11 is 8.99. The Kier molecular flexibility index (Phi) is 6.30. The van der Waals surface area contributed by atoms with Crippen LogP contribution in [0.4, 0.5) is 5.69 Å². The van der Waals surface area contributed by atoms with Crippen LogP contribution >= 0.6 is 34.7 Å². The number of halogens is 1. The van der Waals surface area contributed by atoms with Crippen LogP contribution in [0.3, 0.4) is 0 Å². The standard InChI is InChI=1S/C23H17ClN2OS2/c24-18-10-13-21-20(14-18)26-23(29-21)28-15-22(27)25-19-11-8-17(9-12-19)7-6-16-4-2-1-3-5-16/h1-14H,15H2,(H,25,27)/b7-6+. The lowest BCUT2D eigenvalue weighted by atomic mass is 10.1. The summed E-state index contributed by atoms with van der Waals surface area (Å²) in [4.78, 5) is 16.8. The van der Waals surface area contributed by atoms with Crippen LogP contribution in [0.1, 0.15) is 11.1 Å². The van der Waals surface area contributed by atoms with Crippen molar-refractivity contribution in [2.75, 3.05) is 11.1 Å². The molecule has 6 heteroatoms. The number of fused-ring (bicyclic) bond motifs is 1. The van der Waals surface area contributed by atoms with Crippen LogP contribution in [0.5, 0.6) is 0 Å². The Morgan fingerprint density at radius 3 is 2.48 bits per heavy atom. The number of carbonyl (C=O) groups excluding carboxylic acids is 1. The molecule has 29 heavy (non-hydrogen) atoms. The summed E-state index contributed by atoms with van der Waals surface area (Å²) in [6.07, 6.45) is 4.12. The zero-order valence-electron chi connectivity index (χ0n) is 15.3. The molecule has 0 unspecified atom stereocenters. The second-order valence-electron chi connectivity index (χ2n) is 6.29. The smallest absolute Gasteiger partial charge is 0.234 e. The van der Waals surface area contributed by atoms with E-state index < -0.39 is 0 Å². The molecule has 1 aromatic heterocycles. The summed E-state index contributed by atoms with van der Waals surface area (Å²) in [6.45, 7) is 0. The van der Waals surface area contributed by atoms with Crippen molar-refractivity contribution in [3.8, 4) is 0 Å². The molecule has 0 spiro atoms. The summed E-state index contributed by atoms with van der Waals surface area (Å²) in [7, 11) is 0. The average Bonchev–Trinajstić information content (AvgIpc) is 3.14. The molecule has 3 nitrogen and oxygen atoms in total. The van der Waals surface area contributed by atoms with Gasteiger partial charge in [-0.25, -0.2) is 4.98 Å². The molecule has 0 saturated carbocycles. The first-order valence-corrected chi connectivity index (χ1v) is 11.2. The molecule has 1 amide bonds. The Labute approximate surface area is 182 Å². The number of thioether (sulfide) groups is 1. The maximum atomic E-state index is 12.3. The summed E-state index contributed by atoms with van der Waals surface area (Å²) < 4.78 is 1.93. The van der Waals surface area contributed by atoms with Gasteiger partial charge in [-0.1, -0.05) is 78.0 Å². The highest BCUT2D eigenvalue weighted by atomic mass is 35.5. The number of rotatable bonds is 6. The Morgan fingerprint density at radius 2 is 1.72 bits per heavy atom. The van der Waals surface area contributed by atoms with E-state index >= 15 is 0 Å². The molecule has 0 aliphatic carbocycles. The number of benzene rings is 3.